The van der Waals surface area contributed by atoms with E-state index in [4.69, 9.17) is 11.0 Å². The van der Waals surface area contributed by atoms with Crippen molar-refractivity contribution in [2.45, 2.75) is 38.5 Å². The number of nitrogens with zero attached hydrogens (tertiary/aromatic N) is 4. The molecule has 3 aromatic rings. The van der Waals surface area contributed by atoms with Crippen molar-refractivity contribution >= 4 is 22.6 Å². The molecule has 1 aliphatic carbocycles. The molecule has 1 aromatic carbocycles. The van der Waals surface area contributed by atoms with E-state index in [1.807, 2.05) is 13.0 Å². The summed E-state index contributed by atoms with van der Waals surface area (Å²) in [7, 11) is 0. The van der Waals surface area contributed by atoms with Gasteiger partial charge in [0, 0.05) is 23.2 Å². The zero-order chi connectivity index (χ0) is 23.0. The van der Waals surface area contributed by atoms with Crippen LogP contribution >= 0.6 is 0 Å². The quantitative estimate of drug-likeness (QED) is 0.647. The van der Waals surface area contributed by atoms with Crippen molar-refractivity contribution in [3.05, 3.63) is 65.0 Å². The number of pyridine rings is 2. The molecule has 0 radical (unpaired) electrons. The number of nitriles is 1. The minimum atomic E-state index is -4.48. The lowest BCUT2D eigenvalue weighted by atomic mass is 9.80. The van der Waals surface area contributed by atoms with Crippen LogP contribution in [0, 0.1) is 24.2 Å². The molecule has 0 atom stereocenters. The highest BCUT2D eigenvalue weighted by Gasteiger charge is 2.37. The van der Waals surface area contributed by atoms with Crippen molar-refractivity contribution in [2.24, 2.45) is 5.92 Å². The molecule has 1 amide bonds. The molecule has 0 aliphatic heterocycles. The van der Waals surface area contributed by atoms with Crippen molar-refractivity contribution in [3.8, 4) is 6.07 Å². The second-order valence-corrected chi connectivity index (χ2v) is 8.02. The van der Waals surface area contributed by atoms with Crippen molar-refractivity contribution in [1.29, 1.82) is 5.26 Å². The van der Waals surface area contributed by atoms with Crippen LogP contribution in [0.5, 0.6) is 0 Å². The number of halogens is 3. The van der Waals surface area contributed by atoms with E-state index in [9.17, 15) is 18.0 Å². The third kappa shape index (κ3) is 4.21. The zero-order valence-corrected chi connectivity index (χ0v) is 17.2. The van der Waals surface area contributed by atoms with Crippen LogP contribution in [0.2, 0.25) is 0 Å². The number of nitrogen functional groups attached to an aromatic ring is 1. The van der Waals surface area contributed by atoms with E-state index < -0.39 is 11.7 Å². The molecule has 0 saturated heterocycles. The number of nitrogens with two attached hydrogens (primary N) is 1. The smallest absolute Gasteiger partial charge is 0.383 e. The van der Waals surface area contributed by atoms with Crippen molar-refractivity contribution < 1.29 is 18.0 Å². The standard InChI is InChI=1S/C23H20F3N5O/c1-13-6-16-9-15(2-5-20(16)30-21(13)28)22(32)31(19-7-14(8-19)10-27)12-18-4-3-17(11-29-18)23(24,25)26/h2-6,9,11,14,19H,7-8,12H2,1H3,(H2,28,30). The fourth-order valence-electron chi connectivity index (χ4n) is 3.77. The van der Waals surface area contributed by atoms with Crippen LogP contribution in [0.1, 0.15) is 40.0 Å². The molecule has 2 aromatic heterocycles. The van der Waals surface area contributed by atoms with Crippen LogP contribution in [-0.2, 0) is 12.7 Å². The Hall–Kier alpha value is -3.67. The lowest BCUT2D eigenvalue weighted by molar-refractivity contribution is -0.137. The number of fused-ring (bicyclic) bond motifs is 1. The van der Waals surface area contributed by atoms with Gasteiger partial charge in [0.05, 0.1) is 35.3 Å². The summed E-state index contributed by atoms with van der Waals surface area (Å²) < 4.78 is 38.5. The summed E-state index contributed by atoms with van der Waals surface area (Å²) in [5.74, 6) is 0.00959. The SMILES string of the molecule is Cc1cc2cc(C(=O)N(Cc3ccc(C(F)(F)F)cn3)C3CC(C#N)C3)ccc2nc1N. The molecule has 1 saturated carbocycles. The molecule has 32 heavy (non-hydrogen) atoms. The first-order valence-electron chi connectivity index (χ1n) is 10.1. The highest BCUT2D eigenvalue weighted by Crippen LogP contribution is 2.34. The second kappa shape index (κ2) is 8.11. The van der Waals surface area contributed by atoms with E-state index in [1.165, 1.54) is 6.07 Å². The van der Waals surface area contributed by atoms with Gasteiger partial charge in [-0.2, -0.15) is 18.4 Å². The fraction of sp³-hybridized carbons (Fsp3) is 0.304. The first kappa shape index (κ1) is 21.6. The molecule has 4 rings (SSSR count). The molecular formula is C23H20F3N5O. The van der Waals surface area contributed by atoms with Gasteiger partial charge in [0.1, 0.15) is 5.82 Å². The van der Waals surface area contributed by atoms with Gasteiger partial charge in [0.25, 0.3) is 5.91 Å². The highest BCUT2D eigenvalue weighted by molar-refractivity contribution is 5.98. The molecule has 0 spiro atoms. The number of aryl methyl sites for hydroxylation is 1. The van der Waals surface area contributed by atoms with E-state index in [0.29, 0.717) is 35.4 Å². The minimum absolute atomic E-state index is 0.0524. The number of carbonyl (C=O) groups excluding carboxylic acids is 1. The Morgan fingerprint density at radius 1 is 1.25 bits per heavy atom. The topological polar surface area (TPSA) is 95.9 Å². The number of rotatable bonds is 4. The molecular weight excluding hydrogens is 419 g/mol. The van der Waals surface area contributed by atoms with Gasteiger partial charge < -0.3 is 10.6 Å². The maximum absolute atomic E-state index is 13.4. The number of aromatic nitrogens is 2. The number of hydrogen-bond donors (Lipinski definition) is 1. The number of anilines is 1. The molecule has 9 heteroatoms. The second-order valence-electron chi connectivity index (χ2n) is 8.02. The Labute approximate surface area is 182 Å². The summed E-state index contributed by atoms with van der Waals surface area (Å²) >= 11 is 0. The van der Waals surface area contributed by atoms with Crippen molar-refractivity contribution in [3.63, 3.8) is 0 Å². The predicted octanol–water partition coefficient (Wildman–Crippen LogP) is 4.48. The van der Waals surface area contributed by atoms with Crippen molar-refractivity contribution in [1.82, 2.24) is 14.9 Å². The molecule has 164 valence electrons. The maximum Gasteiger partial charge on any atom is 0.417 e. The number of carbonyl (C=O) groups is 1. The first-order chi connectivity index (χ1) is 15.2. The Morgan fingerprint density at radius 3 is 2.62 bits per heavy atom. The van der Waals surface area contributed by atoms with Crippen LogP contribution in [-0.4, -0.2) is 26.8 Å². The fourth-order valence-corrected chi connectivity index (χ4v) is 3.77. The molecule has 1 aliphatic rings. The number of hydrogen-bond acceptors (Lipinski definition) is 5. The molecule has 2 N–H and O–H groups in total. The lowest BCUT2D eigenvalue weighted by Gasteiger charge is -2.40. The average Bonchev–Trinajstić information content (AvgIpc) is 2.72. The summed E-state index contributed by atoms with van der Waals surface area (Å²) in [5.41, 5.74) is 7.24. The van der Waals surface area contributed by atoms with Crippen molar-refractivity contribution in [2.75, 3.05) is 5.73 Å². The van der Waals surface area contributed by atoms with Crippen LogP contribution in [0.4, 0.5) is 19.0 Å². The lowest BCUT2D eigenvalue weighted by Crippen LogP contribution is -2.47. The third-order valence-electron chi connectivity index (χ3n) is 5.77. The van der Waals surface area contributed by atoms with Crippen LogP contribution in [0.25, 0.3) is 10.9 Å². The van der Waals surface area contributed by atoms with E-state index in [1.54, 1.807) is 23.1 Å². The van der Waals surface area contributed by atoms with E-state index in [2.05, 4.69) is 16.0 Å². The molecule has 1 fully saturated rings. The Kier molecular flexibility index (Phi) is 5.46. The van der Waals surface area contributed by atoms with Crippen LogP contribution < -0.4 is 5.73 Å². The monoisotopic (exact) mass is 439 g/mol. The Bertz CT molecular complexity index is 1210. The Morgan fingerprint density at radius 2 is 2.00 bits per heavy atom. The van der Waals surface area contributed by atoms with Gasteiger partial charge >= 0.3 is 6.18 Å². The van der Waals surface area contributed by atoms with Crippen LogP contribution in [0.15, 0.2) is 42.6 Å². The van der Waals surface area contributed by atoms with Gasteiger partial charge in [0.2, 0.25) is 0 Å². The van der Waals surface area contributed by atoms with Crippen LogP contribution in [0.3, 0.4) is 0 Å². The van der Waals surface area contributed by atoms with Gasteiger partial charge in [-0.15, -0.1) is 0 Å². The molecule has 0 bridgehead atoms. The van der Waals surface area contributed by atoms with Gasteiger partial charge in [-0.1, -0.05) is 0 Å². The minimum Gasteiger partial charge on any atom is -0.383 e. The van der Waals surface area contributed by atoms with E-state index >= 15 is 0 Å². The molecule has 2 heterocycles. The summed E-state index contributed by atoms with van der Waals surface area (Å²) in [6.45, 7) is 1.88. The van der Waals surface area contributed by atoms with Gasteiger partial charge in [-0.3, -0.25) is 9.78 Å². The molecule has 6 nitrogen and oxygen atoms in total. The summed E-state index contributed by atoms with van der Waals surface area (Å²) in [5, 5.41) is 9.88. The Balaban J connectivity index is 1.63. The van der Waals surface area contributed by atoms with E-state index in [-0.39, 0.29) is 24.4 Å². The zero-order valence-electron chi connectivity index (χ0n) is 17.2. The van der Waals surface area contributed by atoms with Gasteiger partial charge in [-0.25, -0.2) is 4.98 Å². The third-order valence-corrected chi connectivity index (χ3v) is 5.77. The number of alkyl halides is 3. The van der Waals surface area contributed by atoms with E-state index in [0.717, 1.165) is 23.2 Å². The predicted molar refractivity (Wildman–Crippen MR) is 112 cm³/mol. The largest absolute Gasteiger partial charge is 0.417 e. The summed E-state index contributed by atoms with van der Waals surface area (Å²) in [6, 6.07) is 11.2. The van der Waals surface area contributed by atoms with Gasteiger partial charge in [0.15, 0.2) is 0 Å². The normalized spacial score (nSPS) is 18.1. The summed E-state index contributed by atoms with van der Waals surface area (Å²) in [6.07, 6.45) is -2.66. The first-order valence-corrected chi connectivity index (χ1v) is 10.1. The van der Waals surface area contributed by atoms with Gasteiger partial charge in [-0.05, 0) is 61.7 Å². The number of benzene rings is 1. The number of amides is 1. The summed E-state index contributed by atoms with van der Waals surface area (Å²) in [4.78, 5) is 23.2. The maximum atomic E-state index is 13.4. The average molecular weight is 439 g/mol. The molecule has 0 unspecified atom stereocenters. The highest BCUT2D eigenvalue weighted by atomic mass is 19.4.